The van der Waals surface area contributed by atoms with Crippen LogP contribution < -0.4 is 20.3 Å². The third-order valence-corrected chi connectivity index (χ3v) is 6.31. The largest absolute Gasteiger partial charge is 0.496 e. The lowest BCUT2D eigenvalue weighted by Crippen LogP contribution is -2.37. The summed E-state index contributed by atoms with van der Waals surface area (Å²) in [5.41, 5.74) is 0.455. The maximum atomic E-state index is 12.9. The van der Waals surface area contributed by atoms with E-state index in [-0.39, 0.29) is 18.4 Å². The molecule has 1 aromatic heterocycles. The predicted octanol–water partition coefficient (Wildman–Crippen LogP) is 4.53. The molecule has 4 rings (SSSR count). The molecule has 2 aromatic carbocycles. The van der Waals surface area contributed by atoms with Crippen LogP contribution in [0.2, 0.25) is 0 Å². The van der Waals surface area contributed by atoms with Crippen LogP contribution in [0.5, 0.6) is 5.75 Å². The number of carbonyl (C=O) groups excluding carboxylic acids is 1. The first-order chi connectivity index (χ1) is 17.8. The van der Waals surface area contributed by atoms with Gasteiger partial charge in [0.25, 0.3) is 0 Å². The zero-order chi connectivity index (χ0) is 26.4. The van der Waals surface area contributed by atoms with E-state index in [9.17, 15) is 18.0 Å². The van der Waals surface area contributed by atoms with Crippen LogP contribution in [0.25, 0.3) is 11.4 Å². The minimum atomic E-state index is -4.41. The molecule has 37 heavy (non-hydrogen) atoms. The molecular formula is C26H29F3N6O2. The molecule has 1 saturated heterocycles. The minimum absolute atomic E-state index is 0.0605. The monoisotopic (exact) mass is 514 g/mol. The average molecular weight is 515 g/mol. The Morgan fingerprint density at radius 1 is 1.08 bits per heavy atom. The Labute approximate surface area is 213 Å². The van der Waals surface area contributed by atoms with E-state index in [4.69, 9.17) is 4.74 Å². The first kappa shape index (κ1) is 26.2. The fourth-order valence-corrected chi connectivity index (χ4v) is 4.30. The quantitative estimate of drug-likeness (QED) is 0.456. The highest BCUT2D eigenvalue weighted by Crippen LogP contribution is 2.31. The maximum Gasteiger partial charge on any atom is 0.416 e. The van der Waals surface area contributed by atoms with E-state index < -0.39 is 11.7 Å². The van der Waals surface area contributed by atoms with Crippen LogP contribution in [0.4, 0.5) is 25.1 Å². The summed E-state index contributed by atoms with van der Waals surface area (Å²) in [6.07, 6.45) is -2.56. The number of halogens is 3. The summed E-state index contributed by atoms with van der Waals surface area (Å²) in [6.45, 7) is 1.40. The molecule has 1 aliphatic heterocycles. The van der Waals surface area contributed by atoms with Gasteiger partial charge in [0.05, 0.1) is 18.2 Å². The highest BCUT2D eigenvalue weighted by atomic mass is 19.4. The van der Waals surface area contributed by atoms with Gasteiger partial charge in [-0.05, 0) is 48.6 Å². The molecule has 0 saturated carbocycles. The number of para-hydroxylation sites is 1. The predicted molar refractivity (Wildman–Crippen MR) is 134 cm³/mol. The Balaban J connectivity index is 1.34. The molecule has 1 aliphatic rings. The summed E-state index contributed by atoms with van der Waals surface area (Å²) >= 11 is 0. The van der Waals surface area contributed by atoms with Crippen molar-refractivity contribution >= 4 is 17.8 Å². The summed E-state index contributed by atoms with van der Waals surface area (Å²) in [6, 6.07) is 12.5. The van der Waals surface area contributed by atoms with E-state index >= 15 is 0 Å². The van der Waals surface area contributed by atoms with Crippen molar-refractivity contribution < 1.29 is 22.7 Å². The van der Waals surface area contributed by atoms with Crippen LogP contribution in [-0.2, 0) is 17.5 Å². The van der Waals surface area contributed by atoms with Crippen LogP contribution >= 0.6 is 0 Å². The zero-order valence-corrected chi connectivity index (χ0v) is 20.7. The molecular weight excluding hydrogens is 485 g/mol. The Morgan fingerprint density at radius 2 is 1.84 bits per heavy atom. The number of ether oxygens (including phenoxy) is 1. The van der Waals surface area contributed by atoms with Gasteiger partial charge in [-0.3, -0.25) is 4.79 Å². The SMILES string of the molecule is CNc1nc(-c2ccccc2OC)nc(N2CCC(CC(=O)NCc3cccc(C(F)(F)F)c3)CC2)n1. The van der Waals surface area contributed by atoms with Gasteiger partial charge in [-0.1, -0.05) is 24.3 Å². The lowest BCUT2D eigenvalue weighted by molar-refractivity contribution is -0.137. The number of alkyl halides is 3. The van der Waals surface area contributed by atoms with E-state index in [1.807, 2.05) is 24.3 Å². The molecule has 0 atom stereocenters. The van der Waals surface area contributed by atoms with Gasteiger partial charge >= 0.3 is 6.18 Å². The molecule has 11 heteroatoms. The number of nitrogens with one attached hydrogen (secondary N) is 2. The highest BCUT2D eigenvalue weighted by molar-refractivity contribution is 5.76. The summed E-state index contributed by atoms with van der Waals surface area (Å²) in [4.78, 5) is 28.2. The normalized spacial score (nSPS) is 14.4. The van der Waals surface area contributed by atoms with Crippen molar-refractivity contribution in [2.75, 3.05) is 37.5 Å². The number of hydrogen-bond acceptors (Lipinski definition) is 7. The van der Waals surface area contributed by atoms with E-state index in [1.165, 1.54) is 6.07 Å². The molecule has 0 radical (unpaired) electrons. The number of hydrogen-bond donors (Lipinski definition) is 2. The van der Waals surface area contributed by atoms with Crippen molar-refractivity contribution in [2.45, 2.75) is 32.0 Å². The molecule has 196 valence electrons. The Hall–Kier alpha value is -3.89. The van der Waals surface area contributed by atoms with E-state index in [1.54, 1.807) is 20.2 Å². The topological polar surface area (TPSA) is 92.3 Å². The number of aromatic nitrogens is 3. The Kier molecular flexibility index (Phi) is 8.10. The van der Waals surface area contributed by atoms with Crippen LogP contribution in [0.3, 0.4) is 0 Å². The van der Waals surface area contributed by atoms with Crippen molar-refractivity contribution in [1.29, 1.82) is 0 Å². The number of anilines is 2. The highest BCUT2D eigenvalue weighted by Gasteiger charge is 2.30. The molecule has 1 fully saturated rings. The van der Waals surface area contributed by atoms with Crippen LogP contribution in [0.15, 0.2) is 48.5 Å². The zero-order valence-electron chi connectivity index (χ0n) is 20.7. The first-order valence-corrected chi connectivity index (χ1v) is 12.0. The number of amides is 1. The van der Waals surface area contributed by atoms with E-state index in [0.29, 0.717) is 48.5 Å². The van der Waals surface area contributed by atoms with Crippen molar-refractivity contribution in [3.8, 4) is 17.1 Å². The Bertz CT molecular complexity index is 1230. The van der Waals surface area contributed by atoms with Crippen molar-refractivity contribution in [2.24, 2.45) is 5.92 Å². The number of carbonyl (C=O) groups is 1. The van der Waals surface area contributed by atoms with Gasteiger partial charge in [-0.25, -0.2) is 0 Å². The molecule has 0 spiro atoms. The summed E-state index contributed by atoms with van der Waals surface area (Å²) in [5.74, 6) is 2.15. The molecule has 0 aliphatic carbocycles. The lowest BCUT2D eigenvalue weighted by Gasteiger charge is -2.32. The second-order valence-corrected chi connectivity index (χ2v) is 8.84. The third kappa shape index (κ3) is 6.66. The minimum Gasteiger partial charge on any atom is -0.496 e. The van der Waals surface area contributed by atoms with Gasteiger partial charge in [0.15, 0.2) is 5.82 Å². The van der Waals surface area contributed by atoms with Crippen molar-refractivity contribution in [1.82, 2.24) is 20.3 Å². The molecule has 8 nitrogen and oxygen atoms in total. The fraction of sp³-hybridized carbons (Fsp3) is 0.385. The summed E-state index contributed by atoms with van der Waals surface area (Å²) < 4.78 is 44.2. The molecule has 2 heterocycles. The molecule has 0 unspecified atom stereocenters. The number of benzene rings is 2. The number of nitrogens with zero attached hydrogens (tertiary/aromatic N) is 4. The van der Waals surface area contributed by atoms with Crippen LogP contribution in [-0.4, -0.2) is 48.1 Å². The lowest BCUT2D eigenvalue weighted by atomic mass is 9.93. The number of methoxy groups -OCH3 is 1. The van der Waals surface area contributed by atoms with Crippen LogP contribution in [0.1, 0.15) is 30.4 Å². The van der Waals surface area contributed by atoms with Gasteiger partial charge in [-0.2, -0.15) is 28.1 Å². The maximum absolute atomic E-state index is 12.9. The van der Waals surface area contributed by atoms with Crippen molar-refractivity contribution in [3.63, 3.8) is 0 Å². The third-order valence-electron chi connectivity index (χ3n) is 6.31. The summed E-state index contributed by atoms with van der Waals surface area (Å²) in [5, 5.41) is 5.73. The van der Waals surface area contributed by atoms with E-state index in [2.05, 4.69) is 30.5 Å². The van der Waals surface area contributed by atoms with Crippen LogP contribution in [0, 0.1) is 5.92 Å². The first-order valence-electron chi connectivity index (χ1n) is 12.0. The second-order valence-electron chi connectivity index (χ2n) is 8.84. The molecule has 1 amide bonds. The van der Waals surface area contributed by atoms with Gasteiger partial charge in [-0.15, -0.1) is 0 Å². The molecule has 3 aromatic rings. The standard InChI is InChI=1S/C26H29F3N6O2/c1-30-24-32-23(20-8-3-4-9-21(20)37-2)33-25(34-24)35-12-10-17(11-13-35)15-22(36)31-16-18-6-5-7-19(14-18)26(27,28)29/h3-9,14,17H,10-13,15-16H2,1-2H3,(H,31,36)(H,30,32,33,34). The van der Waals surface area contributed by atoms with Gasteiger partial charge in [0.2, 0.25) is 17.8 Å². The fourth-order valence-electron chi connectivity index (χ4n) is 4.30. The Morgan fingerprint density at radius 3 is 2.54 bits per heavy atom. The summed E-state index contributed by atoms with van der Waals surface area (Å²) in [7, 11) is 3.34. The smallest absolute Gasteiger partial charge is 0.416 e. The second kappa shape index (κ2) is 11.4. The number of rotatable bonds is 8. The molecule has 0 bridgehead atoms. The number of piperidine rings is 1. The van der Waals surface area contributed by atoms with Gasteiger partial charge in [0.1, 0.15) is 5.75 Å². The molecule has 2 N–H and O–H groups in total. The van der Waals surface area contributed by atoms with Crippen molar-refractivity contribution in [3.05, 3.63) is 59.7 Å². The van der Waals surface area contributed by atoms with Gasteiger partial charge in [0, 0.05) is 33.1 Å². The van der Waals surface area contributed by atoms with E-state index in [0.717, 1.165) is 30.5 Å². The average Bonchev–Trinajstić information content (AvgIpc) is 2.91. The van der Waals surface area contributed by atoms with Gasteiger partial charge < -0.3 is 20.3 Å².